The first-order chi connectivity index (χ1) is 9.49. The van der Waals surface area contributed by atoms with E-state index in [0.717, 1.165) is 0 Å². The fourth-order valence-electron chi connectivity index (χ4n) is 1.19. The van der Waals surface area contributed by atoms with Gasteiger partial charge in [0.25, 0.3) is 0 Å². The Morgan fingerprint density at radius 1 is 1.48 bits per heavy atom. The number of aromatic nitrogens is 1. The fourth-order valence-corrected chi connectivity index (χ4v) is 2.02. The number of nitrogens with one attached hydrogen (secondary N) is 1. The summed E-state index contributed by atoms with van der Waals surface area (Å²) in [7, 11) is -3.83. The molecule has 0 fully saturated rings. The van der Waals surface area contributed by atoms with Crippen molar-refractivity contribution in [3.63, 3.8) is 0 Å². The molecule has 0 atom stereocenters. The van der Waals surface area contributed by atoms with Crippen LogP contribution in [0.25, 0.3) is 0 Å². The third-order valence-corrected chi connectivity index (χ3v) is 3.97. The molecule has 0 aliphatic rings. The van der Waals surface area contributed by atoms with Gasteiger partial charge in [0.2, 0.25) is 5.82 Å². The molecule has 0 spiro atoms. The highest BCUT2D eigenvalue weighted by Gasteiger charge is 2.40. The molecule has 116 valence electrons. The highest BCUT2D eigenvalue weighted by molar-refractivity contribution is 7.91. The molecule has 21 heavy (non-hydrogen) atoms. The second-order valence-electron chi connectivity index (χ2n) is 3.65. The molecule has 8 nitrogen and oxygen atoms in total. The zero-order valence-corrected chi connectivity index (χ0v) is 11.2. The molecule has 12 heteroatoms. The summed E-state index contributed by atoms with van der Waals surface area (Å²) in [6, 6.07) is 0.540. The number of rotatable bonds is 4. The molecule has 1 rings (SSSR count). The molecule has 0 aliphatic carbocycles. The fraction of sp³-hybridized carbons (Fsp3) is 0.333. The van der Waals surface area contributed by atoms with Gasteiger partial charge in [0.05, 0.1) is 15.6 Å². The summed E-state index contributed by atoms with van der Waals surface area (Å²) < 4.78 is 59.3. The number of halogens is 3. The lowest BCUT2D eigenvalue weighted by Crippen LogP contribution is -2.30. The minimum atomic E-state index is -5.26. The number of nitro groups is 1. The van der Waals surface area contributed by atoms with Gasteiger partial charge in [-0.15, -0.1) is 0 Å². The number of pyridine rings is 1. The SMILES string of the molecule is CCS(=O)(=O)c1cnc(NC(=O)C(F)(F)F)c([N+](=O)[O-])c1. The van der Waals surface area contributed by atoms with E-state index in [1.165, 1.54) is 12.2 Å². The van der Waals surface area contributed by atoms with Gasteiger partial charge >= 0.3 is 17.8 Å². The van der Waals surface area contributed by atoms with Gasteiger partial charge in [-0.05, 0) is 0 Å². The molecular formula is C9H8F3N3O5S. The molecule has 1 aromatic rings. The van der Waals surface area contributed by atoms with Gasteiger partial charge in [-0.2, -0.15) is 13.2 Å². The van der Waals surface area contributed by atoms with Crippen molar-refractivity contribution in [1.82, 2.24) is 4.98 Å². The number of nitrogens with zero attached hydrogens (tertiary/aromatic N) is 2. The number of hydrogen-bond donors (Lipinski definition) is 1. The van der Waals surface area contributed by atoms with Gasteiger partial charge < -0.3 is 0 Å². The first-order valence-electron chi connectivity index (χ1n) is 5.24. The van der Waals surface area contributed by atoms with Crippen molar-refractivity contribution in [3.8, 4) is 0 Å². The predicted octanol–water partition coefficient (Wildman–Crippen LogP) is 1.28. The highest BCUT2D eigenvalue weighted by atomic mass is 32.2. The normalized spacial score (nSPS) is 12.0. The Morgan fingerprint density at radius 3 is 2.48 bits per heavy atom. The second-order valence-corrected chi connectivity index (χ2v) is 5.93. The third-order valence-electron chi connectivity index (χ3n) is 2.27. The Labute approximate surface area is 116 Å². The number of carbonyl (C=O) groups excluding carboxylic acids is 1. The molecule has 0 saturated heterocycles. The minimum Gasteiger partial charge on any atom is -0.297 e. The van der Waals surface area contributed by atoms with Crippen molar-refractivity contribution < 1.29 is 31.3 Å². The van der Waals surface area contributed by atoms with Crippen LogP contribution in [-0.4, -0.2) is 36.2 Å². The lowest BCUT2D eigenvalue weighted by Gasteiger charge is -2.08. The van der Waals surface area contributed by atoms with Crippen molar-refractivity contribution in [2.75, 3.05) is 11.1 Å². The highest BCUT2D eigenvalue weighted by Crippen LogP contribution is 2.27. The molecule has 0 bridgehead atoms. The predicted molar refractivity (Wildman–Crippen MR) is 63.3 cm³/mol. The van der Waals surface area contributed by atoms with E-state index in [-0.39, 0.29) is 5.75 Å². The molecule has 1 amide bonds. The van der Waals surface area contributed by atoms with Crippen LogP contribution in [0, 0.1) is 10.1 Å². The number of hydrogen-bond acceptors (Lipinski definition) is 6. The van der Waals surface area contributed by atoms with Gasteiger partial charge in [-0.25, -0.2) is 13.4 Å². The average molecular weight is 327 g/mol. The van der Waals surface area contributed by atoms with E-state index in [4.69, 9.17) is 0 Å². The van der Waals surface area contributed by atoms with E-state index in [1.807, 2.05) is 0 Å². The lowest BCUT2D eigenvalue weighted by molar-refractivity contribution is -0.384. The monoisotopic (exact) mass is 327 g/mol. The summed E-state index contributed by atoms with van der Waals surface area (Å²) in [4.78, 5) is 23.0. The van der Waals surface area contributed by atoms with Crippen LogP contribution in [0.5, 0.6) is 0 Å². The van der Waals surface area contributed by atoms with Crippen molar-refractivity contribution in [1.29, 1.82) is 0 Å². The molecule has 0 aliphatic heterocycles. The summed E-state index contributed by atoms with van der Waals surface area (Å²) in [6.07, 6.45) is -4.62. The van der Waals surface area contributed by atoms with Crippen LogP contribution < -0.4 is 5.32 Å². The van der Waals surface area contributed by atoms with E-state index >= 15 is 0 Å². The maximum atomic E-state index is 12.1. The molecule has 0 radical (unpaired) electrons. The zero-order valence-electron chi connectivity index (χ0n) is 10.3. The smallest absolute Gasteiger partial charge is 0.297 e. The molecular weight excluding hydrogens is 319 g/mol. The van der Waals surface area contributed by atoms with Crippen LogP contribution in [0.2, 0.25) is 0 Å². The van der Waals surface area contributed by atoms with E-state index in [9.17, 15) is 36.5 Å². The number of carbonyl (C=O) groups is 1. The van der Waals surface area contributed by atoms with Crippen LogP contribution in [0.4, 0.5) is 24.7 Å². The number of alkyl halides is 3. The minimum absolute atomic E-state index is 0.375. The average Bonchev–Trinajstić information content (AvgIpc) is 2.37. The van der Waals surface area contributed by atoms with Gasteiger partial charge in [-0.1, -0.05) is 6.92 Å². The number of amides is 1. The second kappa shape index (κ2) is 5.63. The Kier molecular flexibility index (Phi) is 4.51. The summed E-state index contributed by atoms with van der Waals surface area (Å²) in [6.45, 7) is 1.28. The van der Waals surface area contributed by atoms with Crippen molar-refractivity contribution >= 4 is 27.2 Å². The summed E-state index contributed by atoms with van der Waals surface area (Å²) in [5.74, 6) is -3.82. The Morgan fingerprint density at radius 2 is 2.05 bits per heavy atom. The van der Waals surface area contributed by atoms with Crippen LogP contribution in [-0.2, 0) is 14.6 Å². The zero-order chi connectivity index (χ0) is 16.4. The van der Waals surface area contributed by atoms with E-state index < -0.39 is 43.2 Å². The number of anilines is 1. The van der Waals surface area contributed by atoms with Crippen LogP contribution in [0.3, 0.4) is 0 Å². The van der Waals surface area contributed by atoms with Crippen LogP contribution in [0.15, 0.2) is 17.2 Å². The Hall–Kier alpha value is -2.24. The quantitative estimate of drug-likeness (QED) is 0.657. The van der Waals surface area contributed by atoms with E-state index in [0.29, 0.717) is 12.3 Å². The summed E-state index contributed by atoms with van der Waals surface area (Å²) in [5.41, 5.74) is -1.05. The summed E-state index contributed by atoms with van der Waals surface area (Å²) >= 11 is 0. The maximum Gasteiger partial charge on any atom is 0.471 e. The topological polar surface area (TPSA) is 119 Å². The largest absolute Gasteiger partial charge is 0.471 e. The molecule has 0 saturated carbocycles. The molecule has 0 aromatic carbocycles. The standard InChI is InChI=1S/C9H8F3N3O5S/c1-2-21(19,20)5-3-6(15(17)18)7(13-4-5)14-8(16)9(10,11)12/h3-4H,2H2,1H3,(H,13,14,16). The molecule has 1 aromatic heterocycles. The summed E-state index contributed by atoms with van der Waals surface area (Å²) in [5, 5.41) is 12.0. The van der Waals surface area contributed by atoms with Gasteiger partial charge in [-0.3, -0.25) is 20.2 Å². The van der Waals surface area contributed by atoms with E-state index in [1.54, 1.807) is 0 Å². The first-order valence-corrected chi connectivity index (χ1v) is 6.89. The van der Waals surface area contributed by atoms with Crippen LogP contribution >= 0.6 is 0 Å². The Balaban J connectivity index is 3.31. The van der Waals surface area contributed by atoms with Gasteiger partial charge in [0, 0.05) is 12.3 Å². The first kappa shape index (κ1) is 16.8. The van der Waals surface area contributed by atoms with Crippen LogP contribution in [0.1, 0.15) is 6.92 Å². The van der Waals surface area contributed by atoms with Crippen molar-refractivity contribution in [2.45, 2.75) is 18.0 Å². The third kappa shape index (κ3) is 3.87. The van der Waals surface area contributed by atoms with Crippen molar-refractivity contribution in [3.05, 3.63) is 22.4 Å². The maximum absolute atomic E-state index is 12.1. The van der Waals surface area contributed by atoms with Crippen molar-refractivity contribution in [2.24, 2.45) is 0 Å². The molecule has 0 unspecified atom stereocenters. The molecule has 1 heterocycles. The lowest BCUT2D eigenvalue weighted by atomic mass is 10.4. The number of sulfone groups is 1. The molecule has 1 N–H and O–H groups in total. The Bertz CT molecular complexity index is 686. The van der Waals surface area contributed by atoms with Gasteiger partial charge in [0.15, 0.2) is 9.84 Å². The van der Waals surface area contributed by atoms with E-state index in [2.05, 4.69) is 4.98 Å². The van der Waals surface area contributed by atoms with Gasteiger partial charge in [0.1, 0.15) is 0 Å².